The lowest BCUT2D eigenvalue weighted by Crippen LogP contribution is -2.67. The molecular weight excluding hydrogens is 502 g/mol. The summed E-state index contributed by atoms with van der Waals surface area (Å²) >= 11 is 0. The second kappa shape index (κ2) is 12.2. The molecule has 1 fully saturated rings. The van der Waals surface area contributed by atoms with Gasteiger partial charge in [-0.25, -0.2) is 9.69 Å². The van der Waals surface area contributed by atoms with Gasteiger partial charge in [-0.1, -0.05) is 101 Å². The number of hydrogen-bond acceptors (Lipinski definition) is 4. The zero-order valence-electron chi connectivity index (χ0n) is 25.1. The molecule has 0 spiro atoms. The van der Waals surface area contributed by atoms with E-state index in [9.17, 15) is 9.59 Å². The standard InChI is InChI=1S/C33H47NO4Si/c1-10-17-27-28(22-24(2)3)29(34(30(27)35)31(36)38-32(4,5)6)23-37-39(33(7,8)9,25-18-13-11-14-19-25)26-20-15-12-16-21-26/h10-16,18-21,24,27-29H,1,17,22-23H2,2-9H3/t27-,28+,29-/m0/s1. The number of imide groups is 1. The average molecular weight is 550 g/mol. The third-order valence-electron chi connectivity index (χ3n) is 7.54. The monoisotopic (exact) mass is 549 g/mol. The molecule has 3 rings (SSSR count). The van der Waals surface area contributed by atoms with Crippen molar-refractivity contribution in [3.63, 3.8) is 0 Å². The van der Waals surface area contributed by atoms with Gasteiger partial charge in [0.15, 0.2) is 0 Å². The lowest BCUT2D eigenvalue weighted by Gasteiger charge is -2.44. The average Bonchev–Trinajstić information content (AvgIpc) is 3.09. The van der Waals surface area contributed by atoms with Crippen molar-refractivity contribution in [1.29, 1.82) is 0 Å². The smallest absolute Gasteiger partial charge is 0.417 e. The number of carbonyl (C=O) groups is 2. The third-order valence-corrected chi connectivity index (χ3v) is 12.5. The molecule has 1 aliphatic heterocycles. The Morgan fingerprint density at radius 2 is 1.49 bits per heavy atom. The van der Waals surface area contributed by atoms with Crippen molar-refractivity contribution in [2.75, 3.05) is 6.61 Å². The number of amides is 2. The van der Waals surface area contributed by atoms with Crippen LogP contribution in [0.3, 0.4) is 0 Å². The largest absolute Gasteiger partial charge is 0.443 e. The predicted octanol–water partition coefficient (Wildman–Crippen LogP) is 6.56. The molecule has 0 radical (unpaired) electrons. The molecule has 2 aromatic rings. The minimum absolute atomic E-state index is 0.0544. The van der Waals surface area contributed by atoms with Crippen LogP contribution in [0.5, 0.6) is 0 Å². The van der Waals surface area contributed by atoms with E-state index in [4.69, 9.17) is 9.16 Å². The van der Waals surface area contributed by atoms with Crippen molar-refractivity contribution < 1.29 is 18.8 Å². The highest BCUT2D eigenvalue weighted by atomic mass is 28.4. The lowest BCUT2D eigenvalue weighted by atomic mass is 9.82. The normalized spacial score (nSPS) is 20.4. The van der Waals surface area contributed by atoms with Crippen LogP contribution in [-0.4, -0.2) is 43.5 Å². The van der Waals surface area contributed by atoms with Crippen LogP contribution in [0.2, 0.25) is 5.04 Å². The summed E-state index contributed by atoms with van der Waals surface area (Å²) in [6.07, 6.45) is 2.52. The molecule has 2 aromatic carbocycles. The zero-order valence-corrected chi connectivity index (χ0v) is 26.1. The summed E-state index contributed by atoms with van der Waals surface area (Å²) in [5, 5.41) is 2.11. The molecule has 0 saturated carbocycles. The Bertz CT molecular complexity index is 1080. The second-order valence-electron chi connectivity index (χ2n) is 13.2. The highest BCUT2D eigenvalue weighted by molar-refractivity contribution is 6.99. The summed E-state index contributed by atoms with van der Waals surface area (Å²) < 4.78 is 13.0. The predicted molar refractivity (Wildman–Crippen MR) is 162 cm³/mol. The molecule has 39 heavy (non-hydrogen) atoms. The van der Waals surface area contributed by atoms with Crippen molar-refractivity contribution in [2.45, 2.75) is 84.9 Å². The Hall–Kier alpha value is -2.70. The fourth-order valence-corrected chi connectivity index (χ4v) is 10.6. The van der Waals surface area contributed by atoms with Gasteiger partial charge in [0, 0.05) is 5.92 Å². The molecule has 0 aromatic heterocycles. The van der Waals surface area contributed by atoms with E-state index >= 15 is 0 Å². The van der Waals surface area contributed by atoms with Crippen molar-refractivity contribution in [3.05, 3.63) is 73.3 Å². The lowest BCUT2D eigenvalue weighted by molar-refractivity contribution is -0.131. The van der Waals surface area contributed by atoms with Crippen molar-refractivity contribution in [1.82, 2.24) is 4.90 Å². The SMILES string of the molecule is C=CC[C@@H]1C(=O)N(C(=O)OC(C)(C)C)[C@@H](CO[Si](c2ccccc2)(c2ccccc2)C(C)(C)C)[C@@H]1CC(C)C. The number of likely N-dealkylation sites (tertiary alicyclic amines) is 1. The number of carbonyl (C=O) groups excluding carboxylic acids is 2. The van der Waals surface area contributed by atoms with Crippen molar-refractivity contribution in [3.8, 4) is 0 Å². The van der Waals surface area contributed by atoms with E-state index in [-0.39, 0.29) is 29.4 Å². The van der Waals surface area contributed by atoms with Crippen LogP contribution >= 0.6 is 0 Å². The first-order valence-electron chi connectivity index (χ1n) is 14.1. The topological polar surface area (TPSA) is 55.8 Å². The van der Waals surface area contributed by atoms with Gasteiger partial charge in [0.25, 0.3) is 8.32 Å². The van der Waals surface area contributed by atoms with Crippen LogP contribution in [0.25, 0.3) is 0 Å². The van der Waals surface area contributed by atoms with Crippen LogP contribution in [0.4, 0.5) is 4.79 Å². The van der Waals surface area contributed by atoms with Crippen molar-refractivity contribution >= 4 is 30.7 Å². The van der Waals surface area contributed by atoms with Gasteiger partial charge in [-0.05, 0) is 60.9 Å². The Balaban J connectivity index is 2.14. The van der Waals surface area contributed by atoms with E-state index in [1.807, 2.05) is 32.9 Å². The number of ether oxygens (including phenoxy) is 1. The fraction of sp³-hybridized carbons (Fsp3) is 0.515. The first-order chi connectivity index (χ1) is 18.2. The Labute approximate surface area is 236 Å². The Morgan fingerprint density at radius 3 is 1.90 bits per heavy atom. The van der Waals surface area contributed by atoms with Crippen LogP contribution in [0, 0.1) is 17.8 Å². The molecule has 0 aliphatic carbocycles. The maximum atomic E-state index is 13.8. The van der Waals surface area contributed by atoms with Gasteiger partial charge in [-0.3, -0.25) is 4.79 Å². The fourth-order valence-electron chi connectivity index (χ4n) is 6.01. The van der Waals surface area contributed by atoms with E-state index in [1.165, 1.54) is 15.3 Å². The molecule has 0 bridgehead atoms. The van der Waals surface area contributed by atoms with Crippen LogP contribution < -0.4 is 10.4 Å². The third kappa shape index (κ3) is 6.72. The molecule has 2 amide bonds. The molecule has 212 valence electrons. The summed E-state index contributed by atoms with van der Waals surface area (Å²) in [7, 11) is -2.87. The molecule has 3 atom stereocenters. The van der Waals surface area contributed by atoms with Crippen LogP contribution in [-0.2, 0) is 14.0 Å². The first kappa shape index (κ1) is 30.8. The zero-order chi connectivity index (χ0) is 29.0. The Morgan fingerprint density at radius 1 is 0.974 bits per heavy atom. The van der Waals surface area contributed by atoms with Gasteiger partial charge in [0.2, 0.25) is 5.91 Å². The first-order valence-corrected chi connectivity index (χ1v) is 16.1. The summed E-state index contributed by atoms with van der Waals surface area (Å²) in [6, 6.07) is 20.5. The van der Waals surface area contributed by atoms with E-state index in [1.54, 1.807) is 6.08 Å². The summed E-state index contributed by atoms with van der Waals surface area (Å²) in [4.78, 5) is 28.7. The summed E-state index contributed by atoms with van der Waals surface area (Å²) in [6.45, 7) is 20.7. The molecule has 0 unspecified atom stereocenters. The van der Waals surface area contributed by atoms with Gasteiger partial charge >= 0.3 is 6.09 Å². The second-order valence-corrected chi connectivity index (χ2v) is 17.5. The van der Waals surface area contributed by atoms with Crippen molar-refractivity contribution in [2.24, 2.45) is 17.8 Å². The Kier molecular flexibility index (Phi) is 9.66. The number of rotatable bonds is 9. The maximum Gasteiger partial charge on any atom is 0.417 e. The van der Waals surface area contributed by atoms with Crippen LogP contribution in [0.1, 0.15) is 68.2 Å². The van der Waals surface area contributed by atoms with E-state index in [0.29, 0.717) is 12.3 Å². The van der Waals surface area contributed by atoms with E-state index in [2.05, 4.69) is 89.7 Å². The molecular formula is C33H47NO4Si. The van der Waals surface area contributed by atoms with Gasteiger partial charge in [-0.2, -0.15) is 0 Å². The molecule has 1 aliphatic rings. The molecule has 5 nitrogen and oxygen atoms in total. The minimum Gasteiger partial charge on any atom is -0.443 e. The van der Waals surface area contributed by atoms with Crippen LogP contribution in [0.15, 0.2) is 73.3 Å². The minimum atomic E-state index is -2.87. The maximum absolute atomic E-state index is 13.8. The van der Waals surface area contributed by atoms with E-state index < -0.39 is 26.1 Å². The quantitative estimate of drug-likeness (QED) is 0.262. The number of nitrogens with zero attached hydrogens (tertiary/aromatic N) is 1. The molecule has 0 N–H and O–H groups in total. The van der Waals surface area contributed by atoms with Gasteiger partial charge in [-0.15, -0.1) is 6.58 Å². The van der Waals surface area contributed by atoms with E-state index in [0.717, 1.165) is 6.42 Å². The molecule has 1 heterocycles. The highest BCUT2D eigenvalue weighted by Gasteiger charge is 2.55. The number of benzene rings is 2. The van der Waals surface area contributed by atoms with Gasteiger partial charge in [0.1, 0.15) is 5.60 Å². The molecule has 1 saturated heterocycles. The number of allylic oxidation sites excluding steroid dienone is 1. The summed E-state index contributed by atoms with van der Waals surface area (Å²) in [5.74, 6) is -0.221. The highest BCUT2D eigenvalue weighted by Crippen LogP contribution is 2.41. The number of hydrogen-bond donors (Lipinski definition) is 0. The molecule has 6 heteroatoms. The van der Waals surface area contributed by atoms with Gasteiger partial charge in [0.05, 0.1) is 12.6 Å². The summed E-state index contributed by atoms with van der Waals surface area (Å²) in [5.41, 5.74) is -0.717. The van der Waals surface area contributed by atoms with Gasteiger partial charge < -0.3 is 9.16 Å².